The van der Waals surface area contributed by atoms with Crippen molar-refractivity contribution in [2.24, 2.45) is 0 Å². The Bertz CT molecular complexity index is 1860. The number of aliphatic hydroxyl groups excluding tert-OH is 9. The molecular formula is C33H40O21. The van der Waals surface area contributed by atoms with Gasteiger partial charge in [-0.1, -0.05) is 0 Å². The molecule has 0 spiro atoms. The van der Waals surface area contributed by atoms with Crippen molar-refractivity contribution in [3.05, 3.63) is 34.5 Å². The Kier molecular flexibility index (Phi) is 11.2. The molecule has 298 valence electrons. The summed E-state index contributed by atoms with van der Waals surface area (Å²) >= 11 is 0. The SMILES string of the molecule is CC1O[C@@H](OCC2O[C@@H](Oc3c(-c4cc(O)c(O)c(O)c4)oc4cc(O[C@@H]5OC(C)[C@H](O)[C@H](O)C5O)cc(O)c4c3=O)C(O)C(O)[C@@H]2O)C(O)[C@@H](O)[C@H]1O. The Labute approximate surface area is 303 Å². The molecule has 21 nitrogen and oxygen atoms in total. The van der Waals surface area contributed by atoms with Crippen LogP contribution in [0, 0.1) is 0 Å². The predicted molar refractivity (Wildman–Crippen MR) is 173 cm³/mol. The number of hydrogen-bond acceptors (Lipinski definition) is 21. The van der Waals surface area contributed by atoms with Gasteiger partial charge in [0, 0.05) is 17.7 Å². The first-order valence-electron chi connectivity index (χ1n) is 16.5. The van der Waals surface area contributed by atoms with Gasteiger partial charge in [-0.25, -0.2) is 0 Å². The molecule has 0 aliphatic carbocycles. The summed E-state index contributed by atoms with van der Waals surface area (Å²) in [5.41, 5.74) is -1.95. The summed E-state index contributed by atoms with van der Waals surface area (Å²) in [5.74, 6) is -5.30. The van der Waals surface area contributed by atoms with E-state index >= 15 is 0 Å². The zero-order valence-electron chi connectivity index (χ0n) is 28.3. The molecule has 0 saturated carbocycles. The summed E-state index contributed by atoms with van der Waals surface area (Å²) in [6.07, 6.45) is -24.4. The highest BCUT2D eigenvalue weighted by molar-refractivity contribution is 5.88. The van der Waals surface area contributed by atoms with Crippen molar-refractivity contribution in [3.8, 4) is 45.8 Å². The van der Waals surface area contributed by atoms with Gasteiger partial charge in [0.1, 0.15) is 83.5 Å². The first-order chi connectivity index (χ1) is 25.4. The van der Waals surface area contributed by atoms with Crippen LogP contribution in [0.2, 0.25) is 0 Å². The molecule has 0 radical (unpaired) electrons. The molecule has 3 saturated heterocycles. The lowest BCUT2D eigenvalue weighted by Gasteiger charge is -2.42. The van der Waals surface area contributed by atoms with Crippen LogP contribution >= 0.6 is 0 Å². The lowest BCUT2D eigenvalue weighted by Crippen LogP contribution is -2.61. The third kappa shape index (κ3) is 7.22. The molecule has 7 unspecified atom stereocenters. The second-order valence-corrected chi connectivity index (χ2v) is 13.2. The number of phenolic OH excluding ortho intramolecular Hbond substituents is 4. The van der Waals surface area contributed by atoms with E-state index in [1.807, 2.05) is 0 Å². The molecule has 21 heteroatoms. The van der Waals surface area contributed by atoms with Crippen molar-refractivity contribution >= 4 is 11.0 Å². The van der Waals surface area contributed by atoms with E-state index in [-0.39, 0.29) is 11.3 Å². The molecule has 0 amide bonds. The molecule has 54 heavy (non-hydrogen) atoms. The zero-order chi connectivity index (χ0) is 39.5. The number of rotatable bonds is 8. The molecule has 3 aliphatic heterocycles. The number of hydrogen-bond donors (Lipinski definition) is 13. The summed E-state index contributed by atoms with van der Waals surface area (Å²) in [6.45, 7) is 2.11. The summed E-state index contributed by atoms with van der Waals surface area (Å²) in [6, 6.07) is 3.67. The number of aromatic hydroxyl groups is 4. The first-order valence-corrected chi connectivity index (χ1v) is 16.5. The molecule has 3 fully saturated rings. The van der Waals surface area contributed by atoms with E-state index in [1.165, 1.54) is 13.8 Å². The lowest BCUT2D eigenvalue weighted by atomic mass is 9.98. The fraction of sp³-hybridized carbons (Fsp3) is 0.545. The van der Waals surface area contributed by atoms with E-state index in [4.69, 9.17) is 32.8 Å². The van der Waals surface area contributed by atoms with E-state index in [9.17, 15) is 71.2 Å². The van der Waals surface area contributed by atoms with E-state index < -0.39 is 150 Å². The second kappa shape index (κ2) is 15.2. The van der Waals surface area contributed by atoms with Crippen LogP contribution in [-0.4, -0.2) is 165 Å². The molecule has 4 heterocycles. The molecule has 2 aromatic carbocycles. The monoisotopic (exact) mass is 772 g/mol. The van der Waals surface area contributed by atoms with Gasteiger partial charge in [0.2, 0.25) is 23.8 Å². The van der Waals surface area contributed by atoms with Gasteiger partial charge in [-0.05, 0) is 26.0 Å². The third-order valence-electron chi connectivity index (χ3n) is 9.43. The van der Waals surface area contributed by atoms with Crippen LogP contribution in [-0.2, 0) is 18.9 Å². The van der Waals surface area contributed by atoms with Crippen molar-refractivity contribution < 1.29 is 99.2 Å². The maximum Gasteiger partial charge on any atom is 0.239 e. The molecule has 0 bridgehead atoms. The van der Waals surface area contributed by atoms with E-state index in [2.05, 4.69) is 0 Å². The van der Waals surface area contributed by atoms with Crippen molar-refractivity contribution in [2.45, 2.75) is 106 Å². The Hall–Kier alpha value is -4.07. The van der Waals surface area contributed by atoms with Crippen LogP contribution in [0.1, 0.15) is 13.8 Å². The normalized spacial score (nSPS) is 37.3. The summed E-state index contributed by atoms with van der Waals surface area (Å²) in [7, 11) is 0. The second-order valence-electron chi connectivity index (χ2n) is 13.2. The maximum absolute atomic E-state index is 14.1. The quantitative estimate of drug-likeness (QED) is 0.0989. The smallest absolute Gasteiger partial charge is 0.239 e. The van der Waals surface area contributed by atoms with Crippen LogP contribution in [0.5, 0.6) is 34.5 Å². The highest BCUT2D eigenvalue weighted by Crippen LogP contribution is 2.43. The Balaban J connectivity index is 1.35. The van der Waals surface area contributed by atoms with Crippen LogP contribution in [0.3, 0.4) is 0 Å². The minimum absolute atomic E-state index is 0.284. The highest BCUT2D eigenvalue weighted by atomic mass is 16.7. The summed E-state index contributed by atoms with van der Waals surface area (Å²) < 4.78 is 39.1. The van der Waals surface area contributed by atoms with E-state index in [1.54, 1.807) is 0 Å². The Morgan fingerprint density at radius 1 is 0.593 bits per heavy atom. The van der Waals surface area contributed by atoms with Crippen LogP contribution in [0.4, 0.5) is 0 Å². The van der Waals surface area contributed by atoms with Gasteiger partial charge in [-0.3, -0.25) is 4.79 Å². The Morgan fingerprint density at radius 3 is 1.70 bits per heavy atom. The molecule has 6 rings (SSSR count). The highest BCUT2D eigenvalue weighted by Gasteiger charge is 2.48. The van der Waals surface area contributed by atoms with Crippen LogP contribution in [0.25, 0.3) is 22.3 Å². The van der Waals surface area contributed by atoms with Gasteiger partial charge in [0.15, 0.2) is 29.3 Å². The fourth-order valence-electron chi connectivity index (χ4n) is 6.21. The van der Waals surface area contributed by atoms with Crippen LogP contribution in [0.15, 0.2) is 33.5 Å². The van der Waals surface area contributed by atoms with Gasteiger partial charge in [0.05, 0.1) is 18.8 Å². The molecule has 15 atom stereocenters. The molecule has 13 N–H and O–H groups in total. The standard InChI is InChI=1S/C33H40O21/c1-8-18(37)23(42)26(45)31(49-8)48-7-16-21(40)25(44)28(47)33(53-16)54-30-22(41)17-12(34)5-11(51-32-27(46)24(43)19(38)9(2)50-32)6-15(17)52-29(30)10-3-13(35)20(39)14(36)4-10/h3-6,8-9,16,18-19,21,23-28,31-40,42-47H,7H2,1-2H3/t8?,9?,16?,18-,19-,21+,23-,24-,25?,26?,27?,28?,31+,32-,33-/m0/s1. The van der Waals surface area contributed by atoms with Gasteiger partial charge in [-0.2, -0.15) is 0 Å². The van der Waals surface area contributed by atoms with E-state index in [0.29, 0.717) is 0 Å². The summed E-state index contributed by atoms with van der Waals surface area (Å²) in [5, 5.41) is 134. The molecule has 1 aromatic heterocycles. The number of ether oxygens (including phenoxy) is 6. The van der Waals surface area contributed by atoms with Gasteiger partial charge >= 0.3 is 0 Å². The minimum Gasteiger partial charge on any atom is -0.507 e. The van der Waals surface area contributed by atoms with Gasteiger partial charge in [0.25, 0.3) is 0 Å². The van der Waals surface area contributed by atoms with Crippen molar-refractivity contribution in [3.63, 3.8) is 0 Å². The fourth-order valence-corrected chi connectivity index (χ4v) is 6.21. The van der Waals surface area contributed by atoms with E-state index in [0.717, 1.165) is 24.3 Å². The topological polar surface area (TPSA) is 349 Å². The predicted octanol–water partition coefficient (Wildman–Crippen LogP) is -3.48. The first kappa shape index (κ1) is 39.6. The number of phenols is 4. The molecule has 3 aromatic rings. The Morgan fingerprint density at radius 2 is 1.11 bits per heavy atom. The largest absolute Gasteiger partial charge is 0.507 e. The van der Waals surface area contributed by atoms with Crippen molar-refractivity contribution in [1.82, 2.24) is 0 Å². The van der Waals surface area contributed by atoms with Crippen LogP contribution < -0.4 is 14.9 Å². The molecular weight excluding hydrogens is 732 g/mol. The number of benzene rings is 2. The average molecular weight is 773 g/mol. The maximum atomic E-state index is 14.1. The zero-order valence-corrected chi connectivity index (χ0v) is 28.3. The summed E-state index contributed by atoms with van der Waals surface area (Å²) in [4.78, 5) is 14.1. The lowest BCUT2D eigenvalue weighted by molar-refractivity contribution is -0.318. The average Bonchev–Trinajstić information content (AvgIpc) is 3.13. The van der Waals surface area contributed by atoms with Gasteiger partial charge in [-0.15, -0.1) is 0 Å². The third-order valence-corrected chi connectivity index (χ3v) is 9.43. The van der Waals surface area contributed by atoms with Crippen molar-refractivity contribution in [1.29, 1.82) is 0 Å². The van der Waals surface area contributed by atoms with Crippen molar-refractivity contribution in [2.75, 3.05) is 6.61 Å². The number of fused-ring (bicyclic) bond motifs is 1. The molecule has 3 aliphatic rings. The van der Waals surface area contributed by atoms with Gasteiger partial charge < -0.3 is 99.2 Å². The minimum atomic E-state index is -2.09. The number of aliphatic hydroxyl groups is 9.